The topological polar surface area (TPSA) is 113 Å². The summed E-state index contributed by atoms with van der Waals surface area (Å²) in [5, 5.41) is 6.72. The Morgan fingerprint density at radius 1 is 1.58 bits per heavy atom. The number of carbonyl (C=O) groups excluding carboxylic acids is 1. The predicted octanol–water partition coefficient (Wildman–Crippen LogP) is 0.0659. The fraction of sp³-hybridized carbons (Fsp3) is 0.273. The van der Waals surface area contributed by atoms with Crippen LogP contribution in [-0.2, 0) is 6.54 Å². The van der Waals surface area contributed by atoms with Gasteiger partial charge in [-0.3, -0.25) is 9.89 Å². The van der Waals surface area contributed by atoms with Crippen molar-refractivity contribution in [2.75, 3.05) is 12.5 Å². The number of nitrogens with zero attached hydrogens (tertiary/aromatic N) is 4. The van der Waals surface area contributed by atoms with E-state index in [2.05, 4.69) is 25.6 Å². The van der Waals surface area contributed by atoms with Crippen molar-refractivity contribution >= 4 is 11.7 Å². The minimum Gasteiger partial charge on any atom is -0.334 e. The first kappa shape index (κ1) is 13.0. The molecule has 0 fully saturated rings. The Morgan fingerprint density at radius 2 is 2.37 bits per heavy atom. The van der Waals surface area contributed by atoms with Crippen LogP contribution in [-0.4, -0.2) is 38.0 Å². The molecule has 0 saturated carbocycles. The van der Waals surface area contributed by atoms with Crippen LogP contribution in [0.3, 0.4) is 0 Å². The van der Waals surface area contributed by atoms with Crippen LogP contribution in [0.15, 0.2) is 18.3 Å². The van der Waals surface area contributed by atoms with E-state index in [-0.39, 0.29) is 5.91 Å². The number of aromatic nitrogens is 4. The minimum absolute atomic E-state index is 0.205. The number of hydrazine groups is 1. The van der Waals surface area contributed by atoms with Crippen LogP contribution in [0.4, 0.5) is 5.82 Å². The van der Waals surface area contributed by atoms with E-state index in [1.165, 1.54) is 4.90 Å². The van der Waals surface area contributed by atoms with E-state index in [1.54, 1.807) is 32.3 Å². The zero-order chi connectivity index (χ0) is 13.8. The second kappa shape index (κ2) is 5.44. The van der Waals surface area contributed by atoms with Crippen LogP contribution in [0.25, 0.3) is 0 Å². The molecule has 1 amide bonds. The first-order valence-corrected chi connectivity index (χ1v) is 5.66. The third-order valence-electron chi connectivity index (χ3n) is 2.54. The van der Waals surface area contributed by atoms with Gasteiger partial charge in [0.2, 0.25) is 0 Å². The third kappa shape index (κ3) is 2.86. The fourth-order valence-electron chi connectivity index (χ4n) is 1.64. The van der Waals surface area contributed by atoms with Crippen molar-refractivity contribution in [1.82, 2.24) is 25.1 Å². The average Bonchev–Trinajstić information content (AvgIpc) is 2.83. The van der Waals surface area contributed by atoms with Gasteiger partial charge in [0.15, 0.2) is 11.6 Å². The molecule has 0 aromatic carbocycles. The molecule has 2 heterocycles. The molecule has 0 saturated heterocycles. The molecular weight excluding hydrogens is 246 g/mol. The highest BCUT2D eigenvalue weighted by Gasteiger charge is 2.17. The molecule has 0 unspecified atom stereocenters. The smallest absolute Gasteiger partial charge is 0.257 e. The molecule has 0 aliphatic rings. The Bertz CT molecular complexity index is 580. The van der Waals surface area contributed by atoms with Gasteiger partial charge in [-0.15, -0.1) is 0 Å². The van der Waals surface area contributed by atoms with E-state index < -0.39 is 0 Å². The lowest BCUT2D eigenvalue weighted by Crippen LogP contribution is -2.28. The number of nitrogens with one attached hydrogen (secondary N) is 2. The van der Waals surface area contributed by atoms with Crippen LogP contribution < -0.4 is 11.3 Å². The molecule has 0 bridgehead atoms. The number of pyridine rings is 1. The molecule has 2 rings (SSSR count). The highest BCUT2D eigenvalue weighted by atomic mass is 16.2. The van der Waals surface area contributed by atoms with E-state index in [4.69, 9.17) is 5.84 Å². The highest BCUT2D eigenvalue weighted by molar-refractivity contribution is 5.98. The van der Waals surface area contributed by atoms with Gasteiger partial charge in [0.25, 0.3) is 5.91 Å². The molecule has 0 spiro atoms. The number of nitrogens with two attached hydrogens (primary N) is 1. The van der Waals surface area contributed by atoms with Crippen LogP contribution in [0.2, 0.25) is 0 Å². The number of anilines is 1. The average molecular weight is 261 g/mol. The van der Waals surface area contributed by atoms with E-state index in [0.29, 0.717) is 29.6 Å². The molecule has 0 aliphatic carbocycles. The molecule has 0 aliphatic heterocycles. The van der Waals surface area contributed by atoms with Crippen LogP contribution in [0.1, 0.15) is 22.0 Å². The van der Waals surface area contributed by atoms with Gasteiger partial charge in [-0.25, -0.2) is 15.8 Å². The van der Waals surface area contributed by atoms with Gasteiger partial charge in [-0.2, -0.15) is 5.10 Å². The fourth-order valence-corrected chi connectivity index (χ4v) is 1.64. The molecule has 4 N–H and O–H groups in total. The Hall–Kier alpha value is -2.48. The van der Waals surface area contributed by atoms with Gasteiger partial charge in [-0.05, 0) is 19.1 Å². The van der Waals surface area contributed by atoms with Crippen molar-refractivity contribution in [3.8, 4) is 0 Å². The lowest BCUT2D eigenvalue weighted by atomic mass is 10.2. The summed E-state index contributed by atoms with van der Waals surface area (Å²) in [5.74, 6) is 6.73. The standard InChI is InChI=1S/C11H15N7O/c1-7-14-9(17-16-7)6-18(2)11(19)8-4-3-5-13-10(8)15-12/h3-5H,6,12H2,1-2H3,(H,13,15)(H,14,16,17). The van der Waals surface area contributed by atoms with E-state index in [9.17, 15) is 4.79 Å². The van der Waals surface area contributed by atoms with Crippen molar-refractivity contribution in [3.63, 3.8) is 0 Å². The monoisotopic (exact) mass is 261 g/mol. The Morgan fingerprint density at radius 3 is 3.00 bits per heavy atom. The van der Waals surface area contributed by atoms with Gasteiger partial charge in [0, 0.05) is 13.2 Å². The normalized spacial score (nSPS) is 10.3. The maximum atomic E-state index is 12.3. The summed E-state index contributed by atoms with van der Waals surface area (Å²) in [5.41, 5.74) is 2.81. The lowest BCUT2D eigenvalue weighted by molar-refractivity contribution is 0.0782. The number of hydrogen-bond donors (Lipinski definition) is 3. The quantitative estimate of drug-likeness (QED) is 0.530. The van der Waals surface area contributed by atoms with Crippen molar-refractivity contribution in [2.24, 2.45) is 5.84 Å². The molecule has 19 heavy (non-hydrogen) atoms. The molecule has 0 radical (unpaired) electrons. The van der Waals surface area contributed by atoms with Gasteiger partial charge >= 0.3 is 0 Å². The number of amides is 1. The molecule has 100 valence electrons. The predicted molar refractivity (Wildman–Crippen MR) is 69.0 cm³/mol. The summed E-state index contributed by atoms with van der Waals surface area (Å²) in [6.45, 7) is 2.11. The Kier molecular flexibility index (Phi) is 3.71. The highest BCUT2D eigenvalue weighted by Crippen LogP contribution is 2.13. The second-order valence-electron chi connectivity index (χ2n) is 4.04. The first-order chi connectivity index (χ1) is 9.11. The van der Waals surface area contributed by atoms with Crippen molar-refractivity contribution in [1.29, 1.82) is 0 Å². The summed E-state index contributed by atoms with van der Waals surface area (Å²) in [6, 6.07) is 3.34. The molecule has 0 atom stereocenters. The molecular formula is C11H15N7O. The van der Waals surface area contributed by atoms with Crippen molar-refractivity contribution in [2.45, 2.75) is 13.5 Å². The number of rotatable bonds is 4. The lowest BCUT2D eigenvalue weighted by Gasteiger charge is -2.16. The van der Waals surface area contributed by atoms with Gasteiger partial charge in [-0.1, -0.05) is 0 Å². The Balaban J connectivity index is 2.14. The van der Waals surface area contributed by atoms with Crippen LogP contribution in [0, 0.1) is 6.92 Å². The van der Waals surface area contributed by atoms with E-state index >= 15 is 0 Å². The molecule has 2 aromatic rings. The number of H-pyrrole nitrogens is 1. The van der Waals surface area contributed by atoms with E-state index in [1.807, 2.05) is 0 Å². The first-order valence-electron chi connectivity index (χ1n) is 5.66. The zero-order valence-corrected chi connectivity index (χ0v) is 10.7. The summed E-state index contributed by atoms with van der Waals surface area (Å²) in [6.07, 6.45) is 1.56. The number of carbonyl (C=O) groups is 1. The van der Waals surface area contributed by atoms with Gasteiger partial charge < -0.3 is 10.3 Å². The molecule has 2 aromatic heterocycles. The van der Waals surface area contributed by atoms with Crippen LogP contribution in [0.5, 0.6) is 0 Å². The van der Waals surface area contributed by atoms with Crippen molar-refractivity contribution < 1.29 is 4.79 Å². The molecule has 8 heteroatoms. The summed E-state index contributed by atoms with van der Waals surface area (Å²) in [7, 11) is 1.67. The maximum absolute atomic E-state index is 12.3. The van der Waals surface area contributed by atoms with Gasteiger partial charge in [0.05, 0.1) is 12.1 Å². The zero-order valence-electron chi connectivity index (χ0n) is 10.7. The largest absolute Gasteiger partial charge is 0.334 e. The summed E-state index contributed by atoms with van der Waals surface area (Å²) < 4.78 is 0. The SMILES string of the molecule is Cc1nc(CN(C)C(=O)c2cccnc2NN)n[nH]1. The summed E-state index contributed by atoms with van der Waals surface area (Å²) in [4.78, 5) is 21.9. The second-order valence-corrected chi connectivity index (χ2v) is 4.04. The van der Waals surface area contributed by atoms with Crippen molar-refractivity contribution in [3.05, 3.63) is 35.5 Å². The summed E-state index contributed by atoms with van der Waals surface area (Å²) >= 11 is 0. The van der Waals surface area contributed by atoms with Crippen LogP contribution >= 0.6 is 0 Å². The number of aromatic amines is 1. The number of aryl methyl sites for hydroxylation is 1. The van der Waals surface area contributed by atoms with E-state index in [0.717, 1.165) is 0 Å². The molecule has 8 nitrogen and oxygen atoms in total. The third-order valence-corrected chi connectivity index (χ3v) is 2.54. The maximum Gasteiger partial charge on any atom is 0.257 e. The van der Waals surface area contributed by atoms with Gasteiger partial charge in [0.1, 0.15) is 5.82 Å². The minimum atomic E-state index is -0.205. The number of hydrogen-bond acceptors (Lipinski definition) is 6. The Labute approximate surface area is 110 Å². The number of nitrogen functional groups attached to an aromatic ring is 1.